The highest BCUT2D eigenvalue weighted by atomic mass is 35.5. The molecule has 1 heterocycles. The molecule has 1 unspecified atom stereocenters. The number of aryl methyl sites for hydroxylation is 1. The van der Waals surface area contributed by atoms with Gasteiger partial charge in [0, 0.05) is 18.8 Å². The molecule has 0 spiro atoms. The molecule has 1 aliphatic carbocycles. The van der Waals surface area contributed by atoms with E-state index in [0.717, 1.165) is 29.7 Å². The maximum absolute atomic E-state index is 5.93. The maximum atomic E-state index is 5.93. The molecular weight excluding hydrogens is 210 g/mol. The molecule has 1 atom stereocenters. The number of nitrogens with zero attached hydrogens (tertiary/aromatic N) is 2. The van der Waals surface area contributed by atoms with Gasteiger partial charge in [-0.25, -0.2) is 0 Å². The van der Waals surface area contributed by atoms with Crippen LogP contribution in [0.2, 0.25) is 5.02 Å². The van der Waals surface area contributed by atoms with Gasteiger partial charge in [0.05, 0.1) is 17.3 Å². The fourth-order valence-corrected chi connectivity index (χ4v) is 1.93. The van der Waals surface area contributed by atoms with Gasteiger partial charge in [-0.3, -0.25) is 4.68 Å². The molecule has 84 valence electrons. The molecule has 1 saturated carbocycles. The predicted octanol–water partition coefficient (Wildman–Crippen LogP) is 2.23. The van der Waals surface area contributed by atoms with E-state index in [2.05, 4.69) is 17.3 Å². The number of aromatic nitrogens is 2. The number of rotatable bonds is 5. The summed E-state index contributed by atoms with van der Waals surface area (Å²) in [4.78, 5) is 0. The molecule has 15 heavy (non-hydrogen) atoms. The highest BCUT2D eigenvalue weighted by molar-refractivity contribution is 6.31. The van der Waals surface area contributed by atoms with Crippen LogP contribution in [0.25, 0.3) is 0 Å². The van der Waals surface area contributed by atoms with Crippen molar-refractivity contribution < 1.29 is 0 Å². The van der Waals surface area contributed by atoms with Crippen LogP contribution in [0.4, 0.5) is 0 Å². The summed E-state index contributed by atoms with van der Waals surface area (Å²) in [5.41, 5.74) is 0.909. The van der Waals surface area contributed by atoms with Crippen molar-refractivity contribution in [3.05, 3.63) is 16.9 Å². The molecule has 4 heteroatoms. The van der Waals surface area contributed by atoms with Gasteiger partial charge in [0.15, 0.2) is 0 Å². The second-order valence-electron chi connectivity index (χ2n) is 4.41. The second-order valence-corrected chi connectivity index (χ2v) is 4.81. The average Bonchev–Trinajstić information content (AvgIpc) is 2.96. The van der Waals surface area contributed by atoms with Crippen molar-refractivity contribution in [2.24, 2.45) is 5.92 Å². The van der Waals surface area contributed by atoms with Gasteiger partial charge in [-0.2, -0.15) is 5.10 Å². The molecule has 1 aromatic rings. The SMILES string of the molecule is Cc1nn(CCNC(C)C2CC2)cc1Cl. The van der Waals surface area contributed by atoms with Gasteiger partial charge in [-0.1, -0.05) is 11.6 Å². The smallest absolute Gasteiger partial charge is 0.0814 e. The highest BCUT2D eigenvalue weighted by Crippen LogP contribution is 2.32. The average molecular weight is 228 g/mol. The molecule has 1 aliphatic rings. The van der Waals surface area contributed by atoms with E-state index in [4.69, 9.17) is 11.6 Å². The Morgan fingerprint density at radius 3 is 2.93 bits per heavy atom. The van der Waals surface area contributed by atoms with Gasteiger partial charge >= 0.3 is 0 Å². The molecule has 1 N–H and O–H groups in total. The van der Waals surface area contributed by atoms with Gasteiger partial charge < -0.3 is 5.32 Å². The first-order valence-electron chi connectivity index (χ1n) is 5.60. The van der Waals surface area contributed by atoms with E-state index in [1.54, 1.807) is 0 Å². The van der Waals surface area contributed by atoms with Crippen LogP contribution in [-0.4, -0.2) is 22.4 Å². The lowest BCUT2D eigenvalue weighted by molar-refractivity contribution is 0.462. The zero-order valence-corrected chi connectivity index (χ0v) is 10.1. The normalized spacial score (nSPS) is 18.1. The summed E-state index contributed by atoms with van der Waals surface area (Å²) in [5.74, 6) is 0.910. The van der Waals surface area contributed by atoms with Crippen LogP contribution in [0.5, 0.6) is 0 Å². The Labute approximate surface area is 95.8 Å². The first kappa shape index (κ1) is 11.0. The van der Waals surface area contributed by atoms with Crippen LogP contribution < -0.4 is 5.32 Å². The van der Waals surface area contributed by atoms with E-state index in [1.807, 2.05) is 17.8 Å². The van der Waals surface area contributed by atoms with Crippen LogP contribution in [0, 0.1) is 12.8 Å². The number of hydrogen-bond acceptors (Lipinski definition) is 2. The van der Waals surface area contributed by atoms with Gasteiger partial charge in [0.2, 0.25) is 0 Å². The Morgan fingerprint density at radius 1 is 1.67 bits per heavy atom. The van der Waals surface area contributed by atoms with E-state index >= 15 is 0 Å². The van der Waals surface area contributed by atoms with Crippen molar-refractivity contribution in [2.45, 2.75) is 39.3 Å². The number of nitrogens with one attached hydrogen (secondary N) is 1. The molecule has 1 fully saturated rings. The first-order chi connectivity index (χ1) is 7.16. The molecule has 0 radical (unpaired) electrons. The number of hydrogen-bond donors (Lipinski definition) is 1. The molecule has 0 aliphatic heterocycles. The largest absolute Gasteiger partial charge is 0.312 e. The zero-order valence-electron chi connectivity index (χ0n) is 9.33. The Bertz CT molecular complexity index is 311. The second kappa shape index (κ2) is 4.54. The van der Waals surface area contributed by atoms with E-state index in [1.165, 1.54) is 12.8 Å². The van der Waals surface area contributed by atoms with E-state index in [-0.39, 0.29) is 0 Å². The van der Waals surface area contributed by atoms with Crippen molar-refractivity contribution in [1.29, 1.82) is 0 Å². The van der Waals surface area contributed by atoms with E-state index < -0.39 is 0 Å². The fraction of sp³-hybridized carbons (Fsp3) is 0.727. The van der Waals surface area contributed by atoms with Crippen molar-refractivity contribution in [3.63, 3.8) is 0 Å². The van der Waals surface area contributed by atoms with Gasteiger partial charge in [-0.05, 0) is 32.6 Å². The fourth-order valence-electron chi connectivity index (χ4n) is 1.78. The number of halogens is 1. The summed E-state index contributed by atoms with van der Waals surface area (Å²) in [6.07, 6.45) is 4.67. The van der Waals surface area contributed by atoms with Crippen molar-refractivity contribution in [3.8, 4) is 0 Å². The van der Waals surface area contributed by atoms with Crippen LogP contribution in [-0.2, 0) is 6.54 Å². The minimum Gasteiger partial charge on any atom is -0.312 e. The minimum absolute atomic E-state index is 0.650. The van der Waals surface area contributed by atoms with E-state index in [0.29, 0.717) is 6.04 Å². The molecule has 3 nitrogen and oxygen atoms in total. The molecule has 0 amide bonds. The summed E-state index contributed by atoms with van der Waals surface area (Å²) < 4.78 is 1.91. The minimum atomic E-state index is 0.650. The Balaban J connectivity index is 1.73. The van der Waals surface area contributed by atoms with Crippen LogP contribution in [0.15, 0.2) is 6.20 Å². The highest BCUT2D eigenvalue weighted by Gasteiger charge is 2.27. The Hall–Kier alpha value is -0.540. The van der Waals surface area contributed by atoms with Gasteiger partial charge in [0.25, 0.3) is 0 Å². The topological polar surface area (TPSA) is 29.9 Å². The van der Waals surface area contributed by atoms with Crippen molar-refractivity contribution >= 4 is 11.6 Å². The van der Waals surface area contributed by atoms with Gasteiger partial charge in [0.1, 0.15) is 0 Å². The third kappa shape index (κ3) is 2.95. The first-order valence-corrected chi connectivity index (χ1v) is 5.97. The molecule has 0 bridgehead atoms. The molecule has 0 aromatic carbocycles. The Morgan fingerprint density at radius 2 is 2.40 bits per heavy atom. The van der Waals surface area contributed by atoms with Crippen molar-refractivity contribution in [2.75, 3.05) is 6.54 Å². The molecule has 1 aromatic heterocycles. The quantitative estimate of drug-likeness (QED) is 0.836. The maximum Gasteiger partial charge on any atom is 0.0814 e. The lowest BCUT2D eigenvalue weighted by Crippen LogP contribution is -2.31. The van der Waals surface area contributed by atoms with Gasteiger partial charge in [-0.15, -0.1) is 0 Å². The lowest BCUT2D eigenvalue weighted by Gasteiger charge is -2.12. The summed E-state index contributed by atoms with van der Waals surface area (Å²) >= 11 is 5.93. The summed E-state index contributed by atoms with van der Waals surface area (Å²) in [5, 5.41) is 8.58. The molecule has 0 saturated heterocycles. The van der Waals surface area contributed by atoms with Crippen LogP contribution in [0.3, 0.4) is 0 Å². The third-order valence-corrected chi connectivity index (χ3v) is 3.39. The standard InChI is InChI=1S/C11H18ClN3/c1-8(10-3-4-10)13-5-6-15-7-11(12)9(2)14-15/h7-8,10,13H,3-6H2,1-2H3. The van der Waals surface area contributed by atoms with Crippen molar-refractivity contribution in [1.82, 2.24) is 15.1 Å². The molecular formula is C11H18ClN3. The van der Waals surface area contributed by atoms with E-state index in [9.17, 15) is 0 Å². The predicted molar refractivity (Wildman–Crippen MR) is 62.2 cm³/mol. The summed E-state index contributed by atoms with van der Waals surface area (Å²) in [7, 11) is 0. The van der Waals surface area contributed by atoms with Crippen LogP contribution in [0.1, 0.15) is 25.5 Å². The molecule has 2 rings (SSSR count). The lowest BCUT2D eigenvalue weighted by atomic mass is 10.2. The van der Waals surface area contributed by atoms with Crippen LogP contribution >= 0.6 is 11.6 Å². The monoisotopic (exact) mass is 227 g/mol. The zero-order chi connectivity index (χ0) is 10.8. The Kier molecular flexibility index (Phi) is 3.32. The summed E-state index contributed by atoms with van der Waals surface area (Å²) in [6, 6.07) is 0.650. The third-order valence-electron chi connectivity index (χ3n) is 3.02. The summed E-state index contributed by atoms with van der Waals surface area (Å²) in [6.45, 7) is 6.05.